The number of likely N-dealkylation sites (tertiary alicyclic amines) is 1. The van der Waals surface area contributed by atoms with Crippen molar-refractivity contribution >= 4 is 5.91 Å². The Balaban J connectivity index is 1.47. The van der Waals surface area contributed by atoms with Gasteiger partial charge in [0, 0.05) is 19.1 Å². The summed E-state index contributed by atoms with van der Waals surface area (Å²) >= 11 is 0. The van der Waals surface area contributed by atoms with E-state index in [1.54, 1.807) is 18.2 Å². The fraction of sp³-hybridized carbons (Fsp3) is 0.667. The van der Waals surface area contributed by atoms with Crippen LogP contribution in [-0.2, 0) is 9.53 Å². The van der Waals surface area contributed by atoms with Gasteiger partial charge < -0.3 is 24.3 Å². The average molecular weight is 446 g/mol. The van der Waals surface area contributed by atoms with Crippen molar-refractivity contribution in [1.82, 2.24) is 10.2 Å². The molecule has 31 heavy (non-hydrogen) atoms. The number of benzene rings is 1. The number of alkyl halides is 3. The number of halogens is 3. The van der Waals surface area contributed by atoms with Gasteiger partial charge in [-0.05, 0) is 50.9 Å². The van der Waals surface area contributed by atoms with Gasteiger partial charge in [0.05, 0.1) is 6.54 Å². The molecule has 1 aromatic rings. The standard InChI is InChI=1S/C21H29F3N2O5/c22-21(23,24)15-28-10-4-1-5-19(27)25-20(14-26-8-2-3-9-26)31-16-6-7-17-18(13-16)30-12-11-29-17/h6-7,13,20H,1-5,8-12,14-15H2,(H,25,27)/t20-/m0/s1. The summed E-state index contributed by atoms with van der Waals surface area (Å²) in [7, 11) is 0. The van der Waals surface area contributed by atoms with Gasteiger partial charge in [-0.1, -0.05) is 0 Å². The second kappa shape index (κ2) is 11.4. The van der Waals surface area contributed by atoms with Gasteiger partial charge in [-0.3, -0.25) is 9.69 Å². The number of carbonyl (C=O) groups is 1. The molecular formula is C21H29F3N2O5. The van der Waals surface area contributed by atoms with Gasteiger partial charge in [0.15, 0.2) is 17.7 Å². The van der Waals surface area contributed by atoms with Crippen LogP contribution in [0.15, 0.2) is 18.2 Å². The van der Waals surface area contributed by atoms with Crippen LogP contribution < -0.4 is 19.5 Å². The van der Waals surface area contributed by atoms with Crippen LogP contribution in [0, 0.1) is 0 Å². The Hall–Kier alpha value is -2.20. The second-order valence-corrected chi connectivity index (χ2v) is 7.61. The third-order valence-electron chi connectivity index (χ3n) is 4.94. The van der Waals surface area contributed by atoms with E-state index in [0.717, 1.165) is 25.9 Å². The van der Waals surface area contributed by atoms with E-state index in [4.69, 9.17) is 14.2 Å². The fourth-order valence-electron chi connectivity index (χ4n) is 3.50. The zero-order chi connectivity index (χ0) is 22.1. The molecule has 3 rings (SSSR count). The molecule has 0 radical (unpaired) electrons. The molecule has 0 bridgehead atoms. The lowest BCUT2D eigenvalue weighted by Gasteiger charge is -2.26. The summed E-state index contributed by atoms with van der Waals surface area (Å²) in [4.78, 5) is 14.6. The van der Waals surface area contributed by atoms with Crippen molar-refractivity contribution in [1.29, 1.82) is 0 Å². The third-order valence-corrected chi connectivity index (χ3v) is 4.94. The molecule has 2 heterocycles. The number of hydrogen-bond donors (Lipinski definition) is 1. The van der Waals surface area contributed by atoms with E-state index in [2.05, 4.69) is 15.0 Å². The normalized spacial score (nSPS) is 17.4. The van der Waals surface area contributed by atoms with Crippen LogP contribution in [0.2, 0.25) is 0 Å². The predicted molar refractivity (Wildman–Crippen MR) is 106 cm³/mol. The SMILES string of the molecule is O=C(CCCCOCC(F)(F)F)N[C@H](CN1CCCC1)Oc1ccc2c(c1)OCCO2. The lowest BCUT2D eigenvalue weighted by atomic mass is 10.2. The van der Waals surface area contributed by atoms with Crippen molar-refractivity contribution in [2.24, 2.45) is 0 Å². The molecule has 7 nitrogen and oxygen atoms in total. The van der Waals surface area contributed by atoms with Crippen LogP contribution in [0.25, 0.3) is 0 Å². The zero-order valence-corrected chi connectivity index (χ0v) is 17.4. The van der Waals surface area contributed by atoms with Crippen LogP contribution in [0.3, 0.4) is 0 Å². The molecule has 0 spiro atoms. The van der Waals surface area contributed by atoms with Crippen LogP contribution >= 0.6 is 0 Å². The molecule has 1 saturated heterocycles. The monoisotopic (exact) mass is 446 g/mol. The highest BCUT2D eigenvalue weighted by Gasteiger charge is 2.27. The molecule has 174 valence electrons. The summed E-state index contributed by atoms with van der Waals surface area (Å²) in [6.07, 6.45) is -1.64. The summed E-state index contributed by atoms with van der Waals surface area (Å²) in [6.45, 7) is 2.13. The Morgan fingerprint density at radius 3 is 2.61 bits per heavy atom. The average Bonchev–Trinajstić information content (AvgIpc) is 3.22. The first-order valence-corrected chi connectivity index (χ1v) is 10.6. The quantitative estimate of drug-likeness (QED) is 0.416. The Bertz CT molecular complexity index is 711. The van der Waals surface area contributed by atoms with Crippen molar-refractivity contribution in [2.75, 3.05) is 46.1 Å². The molecule has 0 saturated carbocycles. The zero-order valence-electron chi connectivity index (χ0n) is 17.4. The minimum Gasteiger partial charge on any atom is -0.486 e. The van der Waals surface area contributed by atoms with Crippen molar-refractivity contribution in [3.05, 3.63) is 18.2 Å². The van der Waals surface area contributed by atoms with Crippen molar-refractivity contribution < 1.29 is 36.9 Å². The van der Waals surface area contributed by atoms with Crippen molar-refractivity contribution in [3.8, 4) is 17.2 Å². The van der Waals surface area contributed by atoms with Crippen LogP contribution in [0.1, 0.15) is 32.1 Å². The van der Waals surface area contributed by atoms with E-state index in [1.807, 2.05) is 0 Å². The molecule has 2 aliphatic heterocycles. The topological polar surface area (TPSA) is 69.3 Å². The van der Waals surface area contributed by atoms with Crippen molar-refractivity contribution in [3.63, 3.8) is 0 Å². The highest BCUT2D eigenvalue weighted by atomic mass is 19.4. The van der Waals surface area contributed by atoms with E-state index in [9.17, 15) is 18.0 Å². The molecule has 0 aliphatic carbocycles. The number of ether oxygens (including phenoxy) is 4. The molecule has 2 aliphatic rings. The van der Waals surface area contributed by atoms with Gasteiger partial charge in [-0.25, -0.2) is 0 Å². The molecule has 1 aromatic carbocycles. The number of amides is 1. The Labute approximate surface area is 179 Å². The molecular weight excluding hydrogens is 417 g/mol. The van der Waals surface area contributed by atoms with E-state index in [0.29, 0.717) is 49.8 Å². The second-order valence-electron chi connectivity index (χ2n) is 7.61. The van der Waals surface area contributed by atoms with E-state index in [1.165, 1.54) is 0 Å². The first-order chi connectivity index (χ1) is 14.9. The number of nitrogens with zero attached hydrogens (tertiary/aromatic N) is 1. The lowest BCUT2D eigenvalue weighted by molar-refractivity contribution is -0.174. The summed E-state index contributed by atoms with van der Waals surface area (Å²) in [5.74, 6) is 1.62. The van der Waals surface area contributed by atoms with Crippen LogP contribution in [0.5, 0.6) is 17.2 Å². The first kappa shape index (κ1) is 23.5. The maximum absolute atomic E-state index is 12.4. The Morgan fingerprint density at radius 2 is 1.87 bits per heavy atom. The number of fused-ring (bicyclic) bond motifs is 1. The number of nitrogens with one attached hydrogen (secondary N) is 1. The number of hydrogen-bond acceptors (Lipinski definition) is 6. The first-order valence-electron chi connectivity index (χ1n) is 10.6. The largest absolute Gasteiger partial charge is 0.486 e. The van der Waals surface area contributed by atoms with E-state index < -0.39 is 19.0 Å². The van der Waals surface area contributed by atoms with Gasteiger partial charge in [0.25, 0.3) is 0 Å². The molecule has 1 atom stereocenters. The molecule has 0 aromatic heterocycles. The number of rotatable bonds is 11. The highest BCUT2D eigenvalue weighted by Crippen LogP contribution is 2.33. The number of unbranched alkanes of at least 4 members (excludes halogenated alkanes) is 1. The van der Waals surface area contributed by atoms with Crippen LogP contribution in [-0.4, -0.2) is 69.3 Å². The van der Waals surface area contributed by atoms with E-state index in [-0.39, 0.29) is 18.9 Å². The van der Waals surface area contributed by atoms with Gasteiger partial charge in [0.2, 0.25) is 5.91 Å². The third kappa shape index (κ3) is 8.45. The number of carbonyl (C=O) groups excluding carboxylic acids is 1. The van der Waals surface area contributed by atoms with E-state index >= 15 is 0 Å². The smallest absolute Gasteiger partial charge is 0.411 e. The maximum atomic E-state index is 12.4. The lowest BCUT2D eigenvalue weighted by Crippen LogP contribution is -2.46. The van der Waals surface area contributed by atoms with Crippen LogP contribution in [0.4, 0.5) is 13.2 Å². The summed E-state index contributed by atoms with van der Waals surface area (Å²) in [5, 5.41) is 2.89. The predicted octanol–water partition coefficient (Wildman–Crippen LogP) is 3.12. The molecule has 1 N–H and O–H groups in total. The minimum atomic E-state index is -4.33. The van der Waals surface area contributed by atoms with Crippen molar-refractivity contribution in [2.45, 2.75) is 44.5 Å². The summed E-state index contributed by atoms with van der Waals surface area (Å²) in [6, 6.07) is 5.30. The fourth-order valence-corrected chi connectivity index (χ4v) is 3.50. The van der Waals surface area contributed by atoms with Gasteiger partial charge in [0.1, 0.15) is 25.6 Å². The molecule has 0 unspecified atom stereocenters. The Kier molecular flexibility index (Phi) is 8.65. The summed E-state index contributed by atoms with van der Waals surface area (Å²) in [5.41, 5.74) is 0. The van der Waals surface area contributed by atoms with Gasteiger partial charge in [-0.2, -0.15) is 13.2 Å². The van der Waals surface area contributed by atoms with Gasteiger partial charge >= 0.3 is 6.18 Å². The minimum absolute atomic E-state index is 0.0301. The molecule has 1 amide bonds. The Morgan fingerprint density at radius 1 is 1.13 bits per heavy atom. The summed E-state index contributed by atoms with van der Waals surface area (Å²) < 4.78 is 57.9. The van der Waals surface area contributed by atoms with Gasteiger partial charge in [-0.15, -0.1) is 0 Å². The maximum Gasteiger partial charge on any atom is 0.411 e. The molecule has 10 heteroatoms. The highest BCUT2D eigenvalue weighted by molar-refractivity contribution is 5.76. The molecule has 1 fully saturated rings.